The molecule has 0 radical (unpaired) electrons. The average Bonchev–Trinajstić information content (AvgIpc) is 2.69. The molecule has 0 aliphatic rings. The van der Waals surface area contributed by atoms with Crippen LogP contribution < -0.4 is 9.64 Å². The van der Waals surface area contributed by atoms with Gasteiger partial charge in [-0.2, -0.15) is 0 Å². The fourth-order valence-electron chi connectivity index (χ4n) is 3.22. The molecule has 1 heterocycles. The quantitative estimate of drug-likeness (QED) is 0.494. The van der Waals surface area contributed by atoms with Gasteiger partial charge in [-0.1, -0.05) is 18.2 Å². The molecule has 1 aromatic heterocycles. The van der Waals surface area contributed by atoms with Crippen LogP contribution >= 0.6 is 0 Å². The molecule has 4 heteroatoms. The van der Waals surface area contributed by atoms with Crippen molar-refractivity contribution in [3.63, 3.8) is 0 Å². The van der Waals surface area contributed by atoms with Gasteiger partial charge in [-0.25, -0.2) is 4.98 Å². The van der Waals surface area contributed by atoms with E-state index in [9.17, 15) is 0 Å². The van der Waals surface area contributed by atoms with Crippen molar-refractivity contribution in [2.75, 3.05) is 24.6 Å². The Kier molecular flexibility index (Phi) is 6.30. The van der Waals surface area contributed by atoms with Crippen molar-refractivity contribution in [2.24, 2.45) is 0 Å². The first-order chi connectivity index (χ1) is 13.1. The Morgan fingerprint density at radius 1 is 0.926 bits per heavy atom. The highest BCUT2D eigenvalue weighted by Gasteiger charge is 2.07. The summed E-state index contributed by atoms with van der Waals surface area (Å²) in [6.07, 6.45) is -0.275. The van der Waals surface area contributed by atoms with Gasteiger partial charge < -0.3 is 14.4 Å². The van der Waals surface area contributed by atoms with Gasteiger partial charge in [-0.3, -0.25) is 0 Å². The van der Waals surface area contributed by atoms with Crippen LogP contribution in [0.15, 0.2) is 54.6 Å². The van der Waals surface area contributed by atoms with Gasteiger partial charge in [0, 0.05) is 42.4 Å². The summed E-state index contributed by atoms with van der Waals surface area (Å²) in [5.74, 6) is 0.769. The summed E-state index contributed by atoms with van der Waals surface area (Å²) in [5.41, 5.74) is 4.23. The highest BCUT2D eigenvalue weighted by atomic mass is 16.7. The second-order valence-electron chi connectivity index (χ2n) is 6.41. The molecule has 0 bridgehead atoms. The molecule has 0 saturated heterocycles. The molecule has 1 unspecified atom stereocenters. The maximum atomic E-state index is 5.81. The summed E-state index contributed by atoms with van der Waals surface area (Å²) >= 11 is 0. The molecule has 1 atom stereocenters. The van der Waals surface area contributed by atoms with E-state index in [4.69, 9.17) is 14.5 Å². The lowest BCUT2D eigenvalue weighted by molar-refractivity contribution is -0.0612. The lowest BCUT2D eigenvalue weighted by Gasteiger charge is -2.21. The van der Waals surface area contributed by atoms with Crippen molar-refractivity contribution in [1.29, 1.82) is 0 Å². The van der Waals surface area contributed by atoms with Crippen molar-refractivity contribution in [3.05, 3.63) is 54.6 Å². The first kappa shape index (κ1) is 19.2. The molecule has 0 saturated carbocycles. The number of benzene rings is 2. The van der Waals surface area contributed by atoms with E-state index in [0.29, 0.717) is 6.61 Å². The number of ether oxygens (including phenoxy) is 2. The molecule has 2 aromatic carbocycles. The lowest BCUT2D eigenvalue weighted by Crippen LogP contribution is -2.21. The normalized spacial score (nSPS) is 12.1. The van der Waals surface area contributed by atoms with Gasteiger partial charge in [0.1, 0.15) is 5.75 Å². The van der Waals surface area contributed by atoms with E-state index in [-0.39, 0.29) is 6.29 Å². The van der Waals surface area contributed by atoms with Crippen LogP contribution in [0.4, 0.5) is 5.69 Å². The van der Waals surface area contributed by atoms with Gasteiger partial charge >= 0.3 is 0 Å². The number of rotatable bonds is 8. The predicted molar refractivity (Wildman–Crippen MR) is 112 cm³/mol. The van der Waals surface area contributed by atoms with Gasteiger partial charge in [0.05, 0.1) is 11.2 Å². The number of aromatic nitrogens is 1. The van der Waals surface area contributed by atoms with Crippen LogP contribution in [0.2, 0.25) is 0 Å². The highest BCUT2D eigenvalue weighted by Crippen LogP contribution is 2.26. The molecule has 0 aliphatic carbocycles. The average molecular weight is 364 g/mol. The molecule has 0 spiro atoms. The predicted octanol–water partition coefficient (Wildman–Crippen LogP) is 5.51. The lowest BCUT2D eigenvalue weighted by atomic mass is 10.1. The Labute approximate surface area is 161 Å². The first-order valence-electron chi connectivity index (χ1n) is 9.69. The third-order valence-electron chi connectivity index (χ3n) is 4.66. The van der Waals surface area contributed by atoms with Crippen LogP contribution in [-0.4, -0.2) is 31.0 Å². The summed E-state index contributed by atoms with van der Waals surface area (Å²) in [7, 11) is 0. The molecular weight excluding hydrogens is 336 g/mol. The Bertz CT molecular complexity index is 873. The number of anilines is 1. The number of fused-ring (bicyclic) bond motifs is 1. The fraction of sp³-hybridized carbons (Fsp3) is 0.348. The van der Waals surface area contributed by atoms with Crippen LogP contribution in [0.3, 0.4) is 0 Å². The molecule has 0 aliphatic heterocycles. The zero-order chi connectivity index (χ0) is 19.2. The smallest absolute Gasteiger partial charge is 0.196 e. The fourth-order valence-corrected chi connectivity index (χ4v) is 3.22. The largest absolute Gasteiger partial charge is 0.465 e. The van der Waals surface area contributed by atoms with E-state index >= 15 is 0 Å². The Balaban J connectivity index is 1.86. The molecule has 3 aromatic rings. The summed E-state index contributed by atoms with van der Waals surface area (Å²) in [6.45, 7) is 10.8. The maximum Gasteiger partial charge on any atom is 0.196 e. The second kappa shape index (κ2) is 8.87. The Morgan fingerprint density at radius 2 is 1.63 bits per heavy atom. The first-order valence-corrected chi connectivity index (χ1v) is 9.69. The van der Waals surface area contributed by atoms with Gasteiger partial charge in [-0.15, -0.1) is 0 Å². The van der Waals surface area contributed by atoms with Crippen LogP contribution in [0.1, 0.15) is 27.7 Å². The van der Waals surface area contributed by atoms with E-state index in [1.165, 1.54) is 5.69 Å². The zero-order valence-electron chi connectivity index (χ0n) is 16.6. The van der Waals surface area contributed by atoms with E-state index in [0.717, 1.165) is 41.0 Å². The molecule has 0 N–H and O–H groups in total. The van der Waals surface area contributed by atoms with E-state index in [1.807, 2.05) is 32.0 Å². The van der Waals surface area contributed by atoms with Crippen LogP contribution in [0.25, 0.3) is 22.2 Å². The van der Waals surface area contributed by atoms with Crippen LogP contribution in [0.5, 0.6) is 5.75 Å². The summed E-state index contributed by atoms with van der Waals surface area (Å²) in [6, 6.07) is 18.7. The maximum absolute atomic E-state index is 5.81. The summed E-state index contributed by atoms with van der Waals surface area (Å²) in [4.78, 5) is 7.17. The van der Waals surface area contributed by atoms with Gasteiger partial charge in [0.15, 0.2) is 6.29 Å². The Hall–Kier alpha value is -2.59. The highest BCUT2D eigenvalue weighted by molar-refractivity contribution is 5.83. The molecular formula is C23H28N2O2. The minimum Gasteiger partial charge on any atom is -0.465 e. The van der Waals surface area contributed by atoms with Crippen molar-refractivity contribution in [2.45, 2.75) is 34.0 Å². The number of hydrogen-bond donors (Lipinski definition) is 0. The monoisotopic (exact) mass is 364 g/mol. The molecule has 142 valence electrons. The number of hydrogen-bond acceptors (Lipinski definition) is 4. The Morgan fingerprint density at radius 3 is 2.30 bits per heavy atom. The summed E-state index contributed by atoms with van der Waals surface area (Å²) < 4.78 is 11.3. The molecule has 0 amide bonds. The minimum atomic E-state index is -0.275. The SMILES string of the molecule is CCOC(C)Oc1ccc2ccc(-c3ccc(N(CC)CC)cc3)nc2c1. The second-order valence-corrected chi connectivity index (χ2v) is 6.41. The number of nitrogens with zero attached hydrogens (tertiary/aromatic N) is 2. The molecule has 0 fully saturated rings. The van der Waals surface area contributed by atoms with E-state index in [2.05, 4.69) is 55.1 Å². The van der Waals surface area contributed by atoms with Crippen LogP contribution in [0, 0.1) is 0 Å². The molecule has 4 nitrogen and oxygen atoms in total. The topological polar surface area (TPSA) is 34.6 Å². The van der Waals surface area contributed by atoms with E-state index in [1.54, 1.807) is 0 Å². The van der Waals surface area contributed by atoms with Crippen molar-refractivity contribution < 1.29 is 9.47 Å². The van der Waals surface area contributed by atoms with Gasteiger partial charge in [0.25, 0.3) is 0 Å². The minimum absolute atomic E-state index is 0.275. The summed E-state index contributed by atoms with van der Waals surface area (Å²) in [5, 5.41) is 1.09. The van der Waals surface area contributed by atoms with Crippen molar-refractivity contribution >= 4 is 16.6 Å². The van der Waals surface area contributed by atoms with E-state index < -0.39 is 0 Å². The molecule has 27 heavy (non-hydrogen) atoms. The number of pyridine rings is 1. The standard InChI is InChI=1S/C23H28N2O2/c1-5-25(6-2)20-12-8-18(9-13-20)22-15-11-19-10-14-21(16-23(19)24-22)27-17(4)26-7-3/h8-17H,5-7H2,1-4H3. The molecule has 3 rings (SSSR count). The van der Waals surface area contributed by atoms with Gasteiger partial charge in [-0.05, 0) is 58.0 Å². The van der Waals surface area contributed by atoms with Gasteiger partial charge in [0.2, 0.25) is 0 Å². The zero-order valence-corrected chi connectivity index (χ0v) is 16.6. The van der Waals surface area contributed by atoms with Crippen LogP contribution in [-0.2, 0) is 4.74 Å². The third kappa shape index (κ3) is 4.58. The van der Waals surface area contributed by atoms with Crippen molar-refractivity contribution in [1.82, 2.24) is 4.98 Å². The van der Waals surface area contributed by atoms with Crippen molar-refractivity contribution in [3.8, 4) is 17.0 Å². The third-order valence-corrected chi connectivity index (χ3v) is 4.66.